The van der Waals surface area contributed by atoms with E-state index >= 15 is 0 Å². The maximum atomic E-state index is 13.6. The summed E-state index contributed by atoms with van der Waals surface area (Å²) >= 11 is 0. The molecule has 0 aliphatic carbocycles. The normalized spacial score (nSPS) is 11.3. The van der Waals surface area contributed by atoms with Crippen molar-refractivity contribution < 1.29 is 18.0 Å². The minimum atomic E-state index is -4.51. The first kappa shape index (κ1) is 23.6. The highest BCUT2D eigenvalue weighted by Crippen LogP contribution is 2.29. The van der Waals surface area contributed by atoms with Crippen LogP contribution in [0, 0.1) is 0 Å². The molecule has 1 aromatic carbocycles. The first-order valence-electron chi connectivity index (χ1n) is 10.3. The van der Waals surface area contributed by atoms with Crippen molar-refractivity contribution in [2.75, 3.05) is 17.8 Å². The van der Waals surface area contributed by atoms with E-state index in [9.17, 15) is 18.0 Å². The van der Waals surface area contributed by atoms with Gasteiger partial charge in [-0.1, -0.05) is 12.7 Å². The molecule has 0 fully saturated rings. The summed E-state index contributed by atoms with van der Waals surface area (Å²) in [4.78, 5) is 30.2. The highest BCUT2D eigenvalue weighted by atomic mass is 19.4. The van der Waals surface area contributed by atoms with Crippen molar-refractivity contribution in [1.82, 2.24) is 24.9 Å². The third-order valence-corrected chi connectivity index (χ3v) is 5.24. The zero-order chi connectivity index (χ0) is 25.2. The number of benzene rings is 1. The van der Waals surface area contributed by atoms with Crippen molar-refractivity contribution in [3.63, 3.8) is 0 Å². The predicted molar refractivity (Wildman–Crippen MR) is 126 cm³/mol. The number of halogens is 3. The number of fused-ring (bicyclic) bond motifs is 1. The fourth-order valence-corrected chi connectivity index (χ4v) is 3.37. The van der Waals surface area contributed by atoms with Crippen LogP contribution in [0.5, 0.6) is 0 Å². The van der Waals surface area contributed by atoms with E-state index in [1.54, 1.807) is 43.5 Å². The summed E-state index contributed by atoms with van der Waals surface area (Å²) in [5.41, 5.74) is 6.83. The Labute approximate surface area is 198 Å². The number of hydrogen-bond acceptors (Lipinski definition) is 7. The molecule has 3 aromatic heterocycles. The number of hydrazine groups is 1. The lowest BCUT2D eigenvalue weighted by molar-refractivity contribution is -0.137. The number of hydrogen-bond donors (Lipinski definition) is 1. The number of amides is 1. The SMILES string of the molecule is C=Cc1cc2cc(C(=O)N(Cc3ccc(C(F)(F)F)cn3)N(C)c3ncccn3)ccc2nc1N. The Bertz CT molecular complexity index is 1380. The van der Waals surface area contributed by atoms with Crippen LogP contribution in [0.4, 0.5) is 24.9 Å². The van der Waals surface area contributed by atoms with Crippen molar-refractivity contribution in [1.29, 1.82) is 0 Å². The lowest BCUT2D eigenvalue weighted by Gasteiger charge is -2.31. The number of alkyl halides is 3. The quantitative estimate of drug-likeness (QED) is 0.410. The minimum Gasteiger partial charge on any atom is -0.383 e. The topological polar surface area (TPSA) is 101 Å². The number of rotatable bonds is 6. The van der Waals surface area contributed by atoms with Crippen molar-refractivity contribution >= 4 is 34.7 Å². The molecule has 0 aliphatic rings. The van der Waals surface area contributed by atoms with Crippen LogP contribution in [0.15, 0.2) is 67.6 Å². The molecular weight excluding hydrogens is 459 g/mol. The second-order valence-electron chi connectivity index (χ2n) is 7.55. The van der Waals surface area contributed by atoms with Gasteiger partial charge >= 0.3 is 6.18 Å². The number of nitrogens with zero attached hydrogens (tertiary/aromatic N) is 6. The molecule has 8 nitrogen and oxygen atoms in total. The van der Waals surface area contributed by atoms with Gasteiger partial charge in [0.2, 0.25) is 5.95 Å². The Kier molecular flexibility index (Phi) is 6.32. The van der Waals surface area contributed by atoms with E-state index < -0.39 is 17.6 Å². The van der Waals surface area contributed by atoms with E-state index in [4.69, 9.17) is 5.73 Å². The van der Waals surface area contributed by atoms with E-state index in [1.807, 2.05) is 0 Å². The molecule has 35 heavy (non-hydrogen) atoms. The third-order valence-electron chi connectivity index (χ3n) is 5.24. The van der Waals surface area contributed by atoms with Crippen LogP contribution in [0.3, 0.4) is 0 Å². The summed E-state index contributed by atoms with van der Waals surface area (Å²) in [5.74, 6) is 0.0972. The molecule has 0 aliphatic heterocycles. The smallest absolute Gasteiger partial charge is 0.383 e. The lowest BCUT2D eigenvalue weighted by Crippen LogP contribution is -2.45. The summed E-state index contributed by atoms with van der Waals surface area (Å²) in [7, 11) is 1.58. The van der Waals surface area contributed by atoms with Crippen LogP contribution < -0.4 is 10.7 Å². The van der Waals surface area contributed by atoms with Crippen LogP contribution >= 0.6 is 0 Å². The van der Waals surface area contributed by atoms with Crippen molar-refractivity contribution in [2.45, 2.75) is 12.7 Å². The summed E-state index contributed by atoms with van der Waals surface area (Å²) in [6.07, 6.45) is 0.823. The summed E-state index contributed by atoms with van der Waals surface area (Å²) in [6, 6.07) is 10.5. The Morgan fingerprint density at radius 2 is 1.86 bits per heavy atom. The van der Waals surface area contributed by atoms with Gasteiger partial charge in [-0.15, -0.1) is 0 Å². The molecule has 4 rings (SSSR count). The average Bonchev–Trinajstić information content (AvgIpc) is 2.86. The zero-order valence-electron chi connectivity index (χ0n) is 18.6. The molecule has 0 saturated heterocycles. The van der Waals surface area contributed by atoms with Gasteiger partial charge in [-0.25, -0.2) is 20.0 Å². The first-order valence-corrected chi connectivity index (χ1v) is 10.3. The first-order chi connectivity index (χ1) is 16.7. The van der Waals surface area contributed by atoms with Gasteiger partial charge in [0.15, 0.2) is 0 Å². The van der Waals surface area contributed by atoms with Crippen LogP contribution in [0.1, 0.15) is 27.2 Å². The maximum Gasteiger partial charge on any atom is 0.417 e. The van der Waals surface area contributed by atoms with Crippen LogP contribution in [-0.2, 0) is 12.7 Å². The molecule has 2 N–H and O–H groups in total. The molecule has 0 atom stereocenters. The Hall–Kier alpha value is -4.54. The van der Waals surface area contributed by atoms with E-state index in [1.165, 1.54) is 28.5 Å². The Morgan fingerprint density at radius 1 is 1.11 bits per heavy atom. The molecule has 178 valence electrons. The van der Waals surface area contributed by atoms with Crippen LogP contribution in [-0.4, -0.2) is 37.9 Å². The Balaban J connectivity index is 1.72. The monoisotopic (exact) mass is 479 g/mol. The van der Waals surface area contributed by atoms with Crippen molar-refractivity contribution in [3.05, 3.63) is 90.0 Å². The minimum absolute atomic E-state index is 0.123. The molecule has 0 radical (unpaired) electrons. The second kappa shape index (κ2) is 9.37. The third kappa shape index (κ3) is 5.03. The summed E-state index contributed by atoms with van der Waals surface area (Å²) < 4.78 is 38.8. The van der Waals surface area contributed by atoms with Gasteiger partial charge in [-0.3, -0.25) is 14.8 Å². The molecule has 1 amide bonds. The molecule has 0 saturated carbocycles. The van der Waals surface area contributed by atoms with Gasteiger partial charge in [0.05, 0.1) is 23.3 Å². The van der Waals surface area contributed by atoms with E-state index in [2.05, 4.69) is 26.5 Å². The lowest BCUT2D eigenvalue weighted by atomic mass is 10.1. The molecule has 11 heteroatoms. The molecule has 0 spiro atoms. The maximum absolute atomic E-state index is 13.6. The fourth-order valence-electron chi connectivity index (χ4n) is 3.37. The molecule has 4 aromatic rings. The van der Waals surface area contributed by atoms with Crippen molar-refractivity contribution in [3.8, 4) is 0 Å². The number of anilines is 2. The van der Waals surface area contributed by atoms with Gasteiger partial charge in [0, 0.05) is 42.2 Å². The number of nitrogen functional groups attached to an aromatic ring is 1. The van der Waals surface area contributed by atoms with Crippen molar-refractivity contribution in [2.24, 2.45) is 0 Å². The molecular formula is C24H20F3N7O. The van der Waals surface area contributed by atoms with Gasteiger partial charge in [0.1, 0.15) is 5.82 Å². The number of carbonyl (C=O) groups excluding carboxylic acids is 1. The molecule has 3 heterocycles. The largest absolute Gasteiger partial charge is 0.417 e. The van der Waals surface area contributed by atoms with E-state index in [0.29, 0.717) is 27.8 Å². The second-order valence-corrected chi connectivity index (χ2v) is 7.55. The summed E-state index contributed by atoms with van der Waals surface area (Å²) in [6.45, 7) is 3.59. The van der Waals surface area contributed by atoms with Gasteiger partial charge in [-0.2, -0.15) is 13.2 Å². The number of nitrogens with two attached hydrogens (primary N) is 1. The number of carbonyl (C=O) groups is 1. The number of aromatic nitrogens is 4. The van der Waals surface area contributed by atoms with Gasteiger partial charge in [0.25, 0.3) is 5.91 Å². The summed E-state index contributed by atoms with van der Waals surface area (Å²) in [5, 5.41) is 3.39. The molecule has 0 unspecified atom stereocenters. The highest BCUT2D eigenvalue weighted by Gasteiger charge is 2.31. The van der Waals surface area contributed by atoms with Crippen LogP contribution in [0.2, 0.25) is 0 Å². The van der Waals surface area contributed by atoms with E-state index in [0.717, 1.165) is 12.3 Å². The highest BCUT2D eigenvalue weighted by molar-refractivity contribution is 5.99. The zero-order valence-corrected chi connectivity index (χ0v) is 18.6. The fraction of sp³-hybridized carbons (Fsp3) is 0.125. The Morgan fingerprint density at radius 3 is 2.49 bits per heavy atom. The molecule has 0 bridgehead atoms. The standard InChI is InChI=1S/C24H20F3N7O/c1-3-15-11-17-12-16(5-8-20(17)32-21(15)28)22(35)34(33(2)23-29-9-4-10-30-23)14-19-7-6-18(13-31-19)24(25,26)27/h3-13H,1,14H2,2H3,(H2,28,32). The van der Waals surface area contributed by atoms with Gasteiger partial charge < -0.3 is 5.73 Å². The van der Waals surface area contributed by atoms with Gasteiger partial charge in [-0.05, 0) is 42.5 Å². The van der Waals surface area contributed by atoms with E-state index in [-0.39, 0.29) is 18.2 Å². The number of pyridine rings is 2. The average molecular weight is 479 g/mol. The van der Waals surface area contributed by atoms with Crippen LogP contribution in [0.25, 0.3) is 17.0 Å². The predicted octanol–water partition coefficient (Wildman–Crippen LogP) is 4.36.